The van der Waals surface area contributed by atoms with Crippen LogP contribution in [0.15, 0.2) is 146 Å². The van der Waals surface area contributed by atoms with Crippen LogP contribution in [0.2, 0.25) is 0 Å². The maximum Gasteiger partial charge on any atom is 0.220 e. The molecule has 0 saturated heterocycles. The molecule has 0 fully saturated rings. The first-order valence-corrected chi connectivity index (χ1v) is 25.5. The number of hydrogen-bond donors (Lipinski definition) is 3. The lowest BCUT2D eigenvalue weighted by molar-refractivity contribution is -0.123. The first-order chi connectivity index (χ1) is 31.2. The van der Waals surface area contributed by atoms with E-state index in [1.165, 1.54) is 51.4 Å². The Balaban J connectivity index is 3.70. The molecule has 0 aliphatic heterocycles. The second-order valence-electron chi connectivity index (χ2n) is 16.5. The molecule has 2 atom stereocenters. The van der Waals surface area contributed by atoms with Crippen LogP contribution < -0.4 is 5.32 Å². The summed E-state index contributed by atoms with van der Waals surface area (Å²) in [6.45, 7) is 4.20. The third-order valence-corrected chi connectivity index (χ3v) is 10.6. The predicted molar refractivity (Wildman–Crippen MR) is 280 cm³/mol. The first kappa shape index (κ1) is 59.3. The molecule has 0 aliphatic carbocycles. The lowest BCUT2D eigenvalue weighted by Crippen LogP contribution is -2.45. The van der Waals surface area contributed by atoms with Gasteiger partial charge in [0.1, 0.15) is 0 Å². The molecule has 4 nitrogen and oxygen atoms in total. The minimum absolute atomic E-state index is 0.0645. The molecule has 0 aromatic carbocycles. The summed E-state index contributed by atoms with van der Waals surface area (Å²) in [5.74, 6) is -0.0645. The summed E-state index contributed by atoms with van der Waals surface area (Å²) < 4.78 is 0. The molecule has 0 saturated carbocycles. The monoisotopic (exact) mass is 866 g/mol. The Kier molecular flexibility index (Phi) is 49.5. The van der Waals surface area contributed by atoms with E-state index in [4.69, 9.17) is 0 Å². The van der Waals surface area contributed by atoms with E-state index in [1.807, 2.05) is 0 Å². The summed E-state index contributed by atoms with van der Waals surface area (Å²) in [6, 6.07) is -0.558. The number of amides is 1. The van der Waals surface area contributed by atoms with Gasteiger partial charge in [-0.25, -0.2) is 0 Å². The molecule has 354 valence electrons. The molecule has 0 rings (SSSR count). The van der Waals surface area contributed by atoms with Crippen molar-refractivity contribution < 1.29 is 15.0 Å². The summed E-state index contributed by atoms with van der Waals surface area (Å²) in [7, 11) is 0. The van der Waals surface area contributed by atoms with Crippen LogP contribution in [-0.2, 0) is 4.79 Å². The zero-order valence-corrected chi connectivity index (χ0v) is 40.5. The normalized spacial score (nSPS) is 14.2. The van der Waals surface area contributed by atoms with Gasteiger partial charge in [-0.3, -0.25) is 4.79 Å². The lowest BCUT2D eigenvalue weighted by Gasteiger charge is -2.22. The van der Waals surface area contributed by atoms with Crippen LogP contribution in [-0.4, -0.2) is 34.9 Å². The molecule has 2 unspecified atom stereocenters. The molecular weight excluding hydrogens is 771 g/mol. The number of rotatable bonds is 44. The van der Waals surface area contributed by atoms with Crippen LogP contribution in [0.25, 0.3) is 0 Å². The van der Waals surface area contributed by atoms with Crippen molar-refractivity contribution in [3.63, 3.8) is 0 Å². The highest BCUT2D eigenvalue weighted by Crippen LogP contribution is 2.14. The van der Waals surface area contributed by atoms with Crippen molar-refractivity contribution in [2.24, 2.45) is 0 Å². The van der Waals surface area contributed by atoms with E-state index in [2.05, 4.69) is 165 Å². The largest absolute Gasteiger partial charge is 0.394 e. The van der Waals surface area contributed by atoms with Gasteiger partial charge in [0.25, 0.3) is 0 Å². The topological polar surface area (TPSA) is 69.6 Å². The Morgan fingerprint density at radius 2 is 0.698 bits per heavy atom. The Bertz CT molecular complexity index is 1350. The number of nitrogens with one attached hydrogen (secondary N) is 1. The van der Waals surface area contributed by atoms with Crippen LogP contribution in [0.5, 0.6) is 0 Å². The maximum atomic E-state index is 12.4. The minimum atomic E-state index is -0.678. The zero-order chi connectivity index (χ0) is 45.6. The third kappa shape index (κ3) is 49.1. The van der Waals surface area contributed by atoms with Crippen LogP contribution in [0.4, 0.5) is 0 Å². The molecule has 0 heterocycles. The van der Waals surface area contributed by atoms with Crippen molar-refractivity contribution in [3.8, 4) is 0 Å². The fourth-order valence-electron chi connectivity index (χ4n) is 6.75. The highest BCUT2D eigenvalue weighted by Gasteiger charge is 2.20. The molecule has 63 heavy (non-hydrogen) atoms. The Labute approximate surface area is 389 Å². The van der Waals surface area contributed by atoms with Gasteiger partial charge in [0.15, 0.2) is 0 Å². The molecule has 0 radical (unpaired) electrons. The summed E-state index contributed by atoms with van der Waals surface area (Å²) in [5, 5.41) is 23.1. The Morgan fingerprint density at radius 1 is 0.397 bits per heavy atom. The van der Waals surface area contributed by atoms with E-state index in [1.54, 1.807) is 0 Å². The van der Waals surface area contributed by atoms with Crippen LogP contribution >= 0.6 is 0 Å². The molecule has 0 aliphatic rings. The van der Waals surface area contributed by atoms with E-state index < -0.39 is 12.1 Å². The average molecular weight is 866 g/mol. The van der Waals surface area contributed by atoms with Crippen molar-refractivity contribution in [2.45, 2.75) is 212 Å². The highest BCUT2D eigenvalue weighted by atomic mass is 16.3. The van der Waals surface area contributed by atoms with Crippen molar-refractivity contribution in [1.82, 2.24) is 5.32 Å². The fourth-order valence-corrected chi connectivity index (χ4v) is 6.75. The van der Waals surface area contributed by atoms with Crippen LogP contribution in [0.3, 0.4) is 0 Å². The van der Waals surface area contributed by atoms with Gasteiger partial charge in [0.05, 0.1) is 18.8 Å². The molecule has 4 heteroatoms. The fraction of sp³-hybridized carbons (Fsp3) is 0.576. The summed E-state index contributed by atoms with van der Waals surface area (Å²) >= 11 is 0. The standard InChI is InChI=1S/C59H95NO3/c1-3-5-7-9-11-13-15-16-17-18-19-20-21-22-23-24-25-26-27-28-29-30-31-32-33-34-35-36-37-38-39-40-41-42-43-44-45-47-49-51-53-55-59(63)60-57(56-61)58(62)54-52-50-48-46-14-12-10-8-6-4-2/h5,7,11,13,16-17,19-20,22-23,25-26,28-29,31-32,34-35,37-38,40-41,43-44,57-58,61-62H,3-4,6,8-10,12,14-15,18,21,24,27,30,33,36,39,42,45-56H2,1-2H3,(H,60,63)/b7-5-,13-11-,17-16-,20-19-,23-22-,26-25-,29-28-,32-31-,35-34-,38-37-,41-40-,44-43-. The number of carbonyl (C=O) groups excluding carboxylic acids is 1. The van der Waals surface area contributed by atoms with Crippen molar-refractivity contribution in [1.29, 1.82) is 0 Å². The summed E-state index contributed by atoms with van der Waals surface area (Å²) in [4.78, 5) is 12.4. The zero-order valence-electron chi connectivity index (χ0n) is 40.5. The molecular formula is C59H95NO3. The molecule has 0 spiro atoms. The van der Waals surface area contributed by atoms with E-state index in [0.717, 1.165) is 122 Å². The Hall–Kier alpha value is -3.73. The van der Waals surface area contributed by atoms with Crippen LogP contribution in [0.1, 0.15) is 200 Å². The minimum Gasteiger partial charge on any atom is -0.394 e. The first-order valence-electron chi connectivity index (χ1n) is 25.5. The summed E-state index contributed by atoms with van der Waals surface area (Å²) in [5.41, 5.74) is 0. The second kappa shape index (κ2) is 52.6. The van der Waals surface area contributed by atoms with Gasteiger partial charge in [-0.1, -0.05) is 237 Å². The molecule has 0 aromatic heterocycles. The van der Waals surface area contributed by atoms with Gasteiger partial charge in [-0.2, -0.15) is 0 Å². The summed E-state index contributed by atoms with van der Waals surface area (Å²) in [6.07, 6.45) is 83.8. The van der Waals surface area contributed by atoms with Crippen molar-refractivity contribution >= 4 is 5.91 Å². The molecule has 0 aromatic rings. The van der Waals surface area contributed by atoms with E-state index in [9.17, 15) is 15.0 Å². The number of aliphatic hydroxyl groups excluding tert-OH is 2. The van der Waals surface area contributed by atoms with Gasteiger partial charge in [0, 0.05) is 6.42 Å². The van der Waals surface area contributed by atoms with Gasteiger partial charge in [-0.05, 0) is 103 Å². The lowest BCUT2D eigenvalue weighted by atomic mass is 10.0. The molecule has 3 N–H and O–H groups in total. The van der Waals surface area contributed by atoms with Crippen molar-refractivity contribution in [3.05, 3.63) is 146 Å². The number of unbranched alkanes of at least 4 members (excludes halogenated alkanes) is 13. The van der Waals surface area contributed by atoms with Gasteiger partial charge in [0.2, 0.25) is 5.91 Å². The molecule has 0 bridgehead atoms. The third-order valence-electron chi connectivity index (χ3n) is 10.6. The van der Waals surface area contributed by atoms with E-state index >= 15 is 0 Å². The highest BCUT2D eigenvalue weighted by molar-refractivity contribution is 5.76. The van der Waals surface area contributed by atoms with Gasteiger partial charge in [-0.15, -0.1) is 0 Å². The number of hydrogen-bond acceptors (Lipinski definition) is 3. The number of allylic oxidation sites excluding steroid dienone is 24. The van der Waals surface area contributed by atoms with E-state index in [0.29, 0.717) is 12.8 Å². The SMILES string of the molecule is CC/C=C\C/C=C\C/C=C\C/C=C\C/C=C\C/C=C\C/C=C\C/C=C\C/C=C\C/C=C\C/C=C\C/C=C\CCCCCCC(=O)NC(CO)C(O)CCCCCCCCCCCC. The number of aliphatic hydroxyl groups is 2. The maximum absolute atomic E-state index is 12.4. The van der Waals surface area contributed by atoms with Crippen molar-refractivity contribution in [2.75, 3.05) is 6.61 Å². The van der Waals surface area contributed by atoms with E-state index in [-0.39, 0.29) is 12.5 Å². The quantitative estimate of drug-likeness (QED) is 0.0422. The Morgan fingerprint density at radius 3 is 1.05 bits per heavy atom. The predicted octanol–water partition coefficient (Wildman–Crippen LogP) is 16.9. The van der Waals surface area contributed by atoms with Crippen LogP contribution in [0, 0.1) is 0 Å². The average Bonchev–Trinajstić information content (AvgIpc) is 3.29. The van der Waals surface area contributed by atoms with Gasteiger partial charge >= 0.3 is 0 Å². The van der Waals surface area contributed by atoms with Gasteiger partial charge < -0.3 is 15.5 Å². The molecule has 1 amide bonds. The number of carbonyl (C=O) groups is 1. The smallest absolute Gasteiger partial charge is 0.220 e. The second-order valence-corrected chi connectivity index (χ2v) is 16.5.